The fourth-order valence-electron chi connectivity index (χ4n) is 0.984. The average Bonchev–Trinajstić information content (AvgIpc) is 2.30. The van der Waals surface area contributed by atoms with Crippen LogP contribution < -0.4 is 0 Å². The van der Waals surface area contributed by atoms with Crippen molar-refractivity contribution in [2.45, 2.75) is 19.4 Å². The highest BCUT2D eigenvalue weighted by atomic mass is 16.8. The van der Waals surface area contributed by atoms with Crippen molar-refractivity contribution in [3.05, 3.63) is 12.2 Å². The predicted molar refractivity (Wildman–Crippen MR) is 46.5 cm³/mol. The fraction of sp³-hybridized carbons (Fsp3) is 0.667. The van der Waals surface area contributed by atoms with Crippen LogP contribution >= 0.6 is 0 Å². The summed E-state index contributed by atoms with van der Waals surface area (Å²) in [5.74, 6) is 0. The van der Waals surface area contributed by atoms with Gasteiger partial charge in [0.05, 0.1) is 13.2 Å². The third-order valence-electron chi connectivity index (χ3n) is 1.58. The van der Waals surface area contributed by atoms with Crippen LogP contribution in [-0.4, -0.2) is 31.6 Å². The Hall–Kier alpha value is -1.03. The van der Waals surface area contributed by atoms with Gasteiger partial charge in [0.1, 0.15) is 6.61 Å². The highest BCUT2D eigenvalue weighted by molar-refractivity contribution is 5.62. The van der Waals surface area contributed by atoms with Crippen LogP contribution in [0.25, 0.3) is 0 Å². The second-order valence-electron chi connectivity index (χ2n) is 3.54. The lowest BCUT2D eigenvalue weighted by atomic mass is 10.1. The van der Waals surface area contributed by atoms with Gasteiger partial charge >= 0.3 is 6.16 Å². The number of rotatable bonds is 4. The fourth-order valence-corrected chi connectivity index (χ4v) is 0.984. The van der Waals surface area contributed by atoms with Gasteiger partial charge in [0.25, 0.3) is 0 Å². The van der Waals surface area contributed by atoms with Crippen molar-refractivity contribution in [2.75, 3.05) is 19.8 Å². The van der Waals surface area contributed by atoms with Gasteiger partial charge in [-0.05, 0) is 13.8 Å². The first-order chi connectivity index (χ1) is 6.02. The van der Waals surface area contributed by atoms with Crippen LogP contribution in [0.1, 0.15) is 13.8 Å². The van der Waals surface area contributed by atoms with Crippen LogP contribution in [0.4, 0.5) is 4.79 Å². The zero-order valence-electron chi connectivity index (χ0n) is 7.96. The summed E-state index contributed by atoms with van der Waals surface area (Å²) in [7, 11) is 0. The minimum atomic E-state index is -0.632. The molecule has 1 fully saturated rings. The zero-order chi connectivity index (χ0) is 9.90. The maximum atomic E-state index is 10.6. The summed E-state index contributed by atoms with van der Waals surface area (Å²) in [5, 5.41) is 0. The number of carbonyl (C=O) groups is 1. The summed E-state index contributed by atoms with van der Waals surface area (Å²) in [5.41, 5.74) is 0.306. The quantitative estimate of drug-likeness (QED) is 0.493. The van der Waals surface area contributed by atoms with E-state index < -0.39 is 11.8 Å². The highest BCUT2D eigenvalue weighted by Gasteiger charge is 2.38. The first-order valence-electron chi connectivity index (χ1n) is 4.10. The molecule has 0 aliphatic carbocycles. The van der Waals surface area contributed by atoms with E-state index in [1.54, 1.807) is 6.92 Å². The molecular weight excluding hydrogens is 172 g/mol. The lowest BCUT2D eigenvalue weighted by molar-refractivity contribution is -0.00872. The minimum absolute atomic E-state index is 0.252. The van der Waals surface area contributed by atoms with E-state index in [0.717, 1.165) is 5.57 Å². The first-order valence-corrected chi connectivity index (χ1v) is 4.10. The van der Waals surface area contributed by atoms with Gasteiger partial charge < -0.3 is 14.2 Å². The van der Waals surface area contributed by atoms with E-state index in [-0.39, 0.29) is 6.61 Å². The van der Waals surface area contributed by atoms with Gasteiger partial charge in [-0.15, -0.1) is 0 Å². The Balaban J connectivity index is 2.27. The molecule has 1 rings (SSSR count). The zero-order valence-corrected chi connectivity index (χ0v) is 7.96. The Labute approximate surface area is 77.5 Å². The van der Waals surface area contributed by atoms with Gasteiger partial charge in [-0.25, -0.2) is 4.79 Å². The Morgan fingerprint density at radius 1 is 1.77 bits per heavy atom. The lowest BCUT2D eigenvalue weighted by Crippen LogP contribution is -2.33. The van der Waals surface area contributed by atoms with Crippen molar-refractivity contribution in [3.8, 4) is 0 Å². The van der Waals surface area contributed by atoms with E-state index in [9.17, 15) is 4.79 Å². The minimum Gasteiger partial charge on any atom is -0.430 e. The van der Waals surface area contributed by atoms with E-state index in [1.165, 1.54) is 0 Å². The molecule has 4 nitrogen and oxygen atoms in total. The molecule has 1 saturated heterocycles. The van der Waals surface area contributed by atoms with Crippen molar-refractivity contribution < 1.29 is 19.0 Å². The Morgan fingerprint density at radius 2 is 2.46 bits per heavy atom. The molecule has 1 heterocycles. The molecule has 0 aromatic carbocycles. The molecule has 1 unspecified atom stereocenters. The van der Waals surface area contributed by atoms with Gasteiger partial charge in [-0.3, -0.25) is 0 Å². The SMILES string of the molecule is C=C(C)COCC1(C)COC(=O)O1. The first kappa shape index (κ1) is 10.1. The van der Waals surface area contributed by atoms with E-state index in [4.69, 9.17) is 9.47 Å². The molecule has 0 radical (unpaired) electrons. The van der Waals surface area contributed by atoms with Crippen LogP contribution in [0.3, 0.4) is 0 Å². The number of cyclic esters (lactones) is 2. The van der Waals surface area contributed by atoms with Crippen LogP contribution in [-0.2, 0) is 14.2 Å². The summed E-state index contributed by atoms with van der Waals surface area (Å²) >= 11 is 0. The van der Waals surface area contributed by atoms with Gasteiger partial charge in [0, 0.05) is 0 Å². The molecule has 1 aliphatic heterocycles. The Morgan fingerprint density at radius 3 is 2.92 bits per heavy atom. The molecule has 0 amide bonds. The summed E-state index contributed by atoms with van der Waals surface area (Å²) in [6.07, 6.45) is -0.624. The number of hydrogen-bond donors (Lipinski definition) is 0. The van der Waals surface area contributed by atoms with E-state index in [2.05, 4.69) is 11.3 Å². The van der Waals surface area contributed by atoms with Crippen molar-refractivity contribution >= 4 is 6.16 Å². The number of ether oxygens (including phenoxy) is 3. The van der Waals surface area contributed by atoms with E-state index in [1.807, 2.05) is 6.92 Å². The summed E-state index contributed by atoms with van der Waals surface area (Å²) in [6, 6.07) is 0. The smallest absolute Gasteiger partial charge is 0.430 e. The van der Waals surface area contributed by atoms with Gasteiger partial charge in [0.15, 0.2) is 5.60 Å². The Kier molecular flexibility index (Phi) is 2.93. The van der Waals surface area contributed by atoms with Gasteiger partial charge in [-0.1, -0.05) is 12.2 Å². The third-order valence-corrected chi connectivity index (χ3v) is 1.58. The van der Waals surface area contributed by atoms with Crippen LogP contribution in [0.15, 0.2) is 12.2 Å². The summed E-state index contributed by atoms with van der Waals surface area (Å²) < 4.78 is 14.9. The lowest BCUT2D eigenvalue weighted by Gasteiger charge is -2.18. The molecule has 0 aromatic heterocycles. The van der Waals surface area contributed by atoms with E-state index in [0.29, 0.717) is 13.2 Å². The molecule has 0 saturated carbocycles. The summed E-state index contributed by atoms with van der Waals surface area (Å²) in [6.45, 7) is 8.41. The average molecular weight is 186 g/mol. The molecule has 74 valence electrons. The number of carbonyl (C=O) groups excluding carboxylic acids is 1. The normalized spacial score (nSPS) is 26.8. The monoisotopic (exact) mass is 186 g/mol. The van der Waals surface area contributed by atoms with Crippen molar-refractivity contribution in [3.63, 3.8) is 0 Å². The summed E-state index contributed by atoms with van der Waals surface area (Å²) in [4.78, 5) is 10.6. The molecule has 1 aliphatic rings. The predicted octanol–water partition coefficient (Wildman–Crippen LogP) is 1.50. The molecule has 0 spiro atoms. The molecule has 0 aromatic rings. The maximum absolute atomic E-state index is 10.6. The molecular formula is C9H14O4. The highest BCUT2D eigenvalue weighted by Crippen LogP contribution is 2.19. The topological polar surface area (TPSA) is 44.8 Å². The molecule has 13 heavy (non-hydrogen) atoms. The van der Waals surface area contributed by atoms with Gasteiger partial charge in [-0.2, -0.15) is 0 Å². The standard InChI is InChI=1S/C9H14O4/c1-7(2)4-11-5-9(3)6-12-8(10)13-9/h1,4-6H2,2-3H3. The number of hydrogen-bond acceptors (Lipinski definition) is 4. The molecule has 0 bridgehead atoms. The van der Waals surface area contributed by atoms with Crippen molar-refractivity contribution in [2.24, 2.45) is 0 Å². The third kappa shape index (κ3) is 3.06. The van der Waals surface area contributed by atoms with Crippen LogP contribution in [0.2, 0.25) is 0 Å². The van der Waals surface area contributed by atoms with Crippen molar-refractivity contribution in [1.29, 1.82) is 0 Å². The maximum Gasteiger partial charge on any atom is 0.509 e. The molecule has 4 heteroatoms. The molecule has 1 atom stereocenters. The molecule has 0 N–H and O–H groups in total. The van der Waals surface area contributed by atoms with Crippen LogP contribution in [0.5, 0.6) is 0 Å². The second kappa shape index (κ2) is 3.79. The Bertz CT molecular complexity index is 224. The van der Waals surface area contributed by atoms with Gasteiger partial charge in [0.2, 0.25) is 0 Å². The largest absolute Gasteiger partial charge is 0.509 e. The van der Waals surface area contributed by atoms with E-state index >= 15 is 0 Å². The van der Waals surface area contributed by atoms with Crippen molar-refractivity contribution in [1.82, 2.24) is 0 Å². The van der Waals surface area contributed by atoms with Crippen LogP contribution in [0, 0.1) is 0 Å². The second-order valence-corrected chi connectivity index (χ2v) is 3.54.